The lowest BCUT2D eigenvalue weighted by atomic mass is 9.75. The first kappa shape index (κ1) is 19.7. The summed E-state index contributed by atoms with van der Waals surface area (Å²) in [6.45, 7) is 2.95. The van der Waals surface area contributed by atoms with Gasteiger partial charge in [-0.1, -0.05) is 23.2 Å². The molecule has 1 saturated carbocycles. The molecule has 31 heavy (non-hydrogen) atoms. The van der Waals surface area contributed by atoms with Crippen LogP contribution in [0.1, 0.15) is 17.9 Å². The van der Waals surface area contributed by atoms with E-state index in [2.05, 4.69) is 20.2 Å². The van der Waals surface area contributed by atoms with Crippen LogP contribution >= 0.6 is 23.2 Å². The number of benzene rings is 1. The maximum absolute atomic E-state index is 13.3. The summed E-state index contributed by atoms with van der Waals surface area (Å²) in [5.74, 6) is 1.36. The molecule has 0 radical (unpaired) electrons. The predicted octanol–water partition coefficient (Wildman–Crippen LogP) is 3.38. The van der Waals surface area contributed by atoms with Crippen LogP contribution in [0.15, 0.2) is 30.6 Å². The van der Waals surface area contributed by atoms with Crippen LogP contribution in [0.25, 0.3) is 0 Å². The van der Waals surface area contributed by atoms with Gasteiger partial charge in [0.15, 0.2) is 0 Å². The number of morpholine rings is 1. The third-order valence-corrected chi connectivity index (χ3v) is 7.71. The summed E-state index contributed by atoms with van der Waals surface area (Å²) in [7, 11) is 0. The van der Waals surface area contributed by atoms with Crippen molar-refractivity contribution in [2.24, 2.45) is 17.8 Å². The molecule has 9 heteroatoms. The van der Waals surface area contributed by atoms with Gasteiger partial charge in [0.05, 0.1) is 41.4 Å². The van der Waals surface area contributed by atoms with Crippen molar-refractivity contribution < 1.29 is 14.3 Å². The molecule has 3 aliphatic heterocycles. The summed E-state index contributed by atoms with van der Waals surface area (Å²) >= 11 is 12.1. The molecule has 3 saturated heterocycles. The fourth-order valence-corrected chi connectivity index (χ4v) is 5.72. The van der Waals surface area contributed by atoms with E-state index >= 15 is 0 Å². The van der Waals surface area contributed by atoms with Crippen molar-refractivity contribution >= 4 is 40.7 Å². The molecule has 7 nitrogen and oxygen atoms in total. The Morgan fingerprint density at radius 1 is 1.06 bits per heavy atom. The van der Waals surface area contributed by atoms with Crippen LogP contribution in [0.2, 0.25) is 10.0 Å². The molecular weight excluding hydrogens is 439 g/mol. The van der Waals surface area contributed by atoms with Gasteiger partial charge >= 0.3 is 0 Å². The third kappa shape index (κ3) is 3.39. The van der Waals surface area contributed by atoms with Crippen LogP contribution < -0.4 is 10.2 Å². The second kappa shape index (κ2) is 7.59. The highest BCUT2D eigenvalue weighted by Crippen LogP contribution is 2.65. The number of amides is 1. The number of rotatable bonds is 4. The molecule has 6 atom stereocenters. The van der Waals surface area contributed by atoms with E-state index in [4.69, 9.17) is 32.7 Å². The Bertz CT molecular complexity index is 1010. The number of halogens is 2. The Labute approximate surface area is 190 Å². The van der Waals surface area contributed by atoms with Gasteiger partial charge in [-0.15, -0.1) is 0 Å². The predicted molar refractivity (Wildman–Crippen MR) is 117 cm³/mol. The average molecular weight is 461 g/mol. The molecule has 6 rings (SSSR count). The van der Waals surface area contributed by atoms with Crippen molar-refractivity contribution in [3.05, 3.63) is 46.2 Å². The highest BCUT2D eigenvalue weighted by Gasteiger charge is 2.68. The van der Waals surface area contributed by atoms with Gasteiger partial charge < -0.3 is 19.7 Å². The van der Waals surface area contributed by atoms with Crippen molar-refractivity contribution in [3.8, 4) is 0 Å². The van der Waals surface area contributed by atoms with Gasteiger partial charge in [-0.25, -0.2) is 9.97 Å². The summed E-state index contributed by atoms with van der Waals surface area (Å²) in [4.78, 5) is 24.7. The molecular formula is C22H22Cl2N4O3. The van der Waals surface area contributed by atoms with Gasteiger partial charge in [-0.2, -0.15) is 0 Å². The second-order valence-electron chi connectivity index (χ2n) is 8.71. The lowest BCUT2D eigenvalue weighted by molar-refractivity contribution is -0.122. The van der Waals surface area contributed by atoms with Crippen LogP contribution in [-0.4, -0.2) is 54.4 Å². The van der Waals surface area contributed by atoms with E-state index in [0.717, 1.165) is 25.1 Å². The van der Waals surface area contributed by atoms with Gasteiger partial charge in [0, 0.05) is 37.1 Å². The Morgan fingerprint density at radius 2 is 1.81 bits per heavy atom. The second-order valence-corrected chi connectivity index (χ2v) is 9.53. The summed E-state index contributed by atoms with van der Waals surface area (Å²) in [6, 6.07) is 5.11. The van der Waals surface area contributed by atoms with Crippen LogP contribution in [0.5, 0.6) is 0 Å². The van der Waals surface area contributed by atoms with E-state index in [1.165, 1.54) is 0 Å². The largest absolute Gasteiger partial charge is 0.378 e. The number of aromatic nitrogens is 2. The van der Waals surface area contributed by atoms with Gasteiger partial charge in [0.2, 0.25) is 11.9 Å². The number of carbonyl (C=O) groups excluding carboxylic acids is 1. The molecule has 4 aliphatic rings. The highest BCUT2D eigenvalue weighted by atomic mass is 35.5. The zero-order valence-corrected chi connectivity index (χ0v) is 18.2. The van der Waals surface area contributed by atoms with Gasteiger partial charge in [0.1, 0.15) is 0 Å². The molecule has 1 aliphatic carbocycles. The number of nitrogens with one attached hydrogen (secondary N) is 1. The monoisotopic (exact) mass is 460 g/mol. The lowest BCUT2D eigenvalue weighted by Crippen LogP contribution is -2.38. The topological polar surface area (TPSA) is 76.6 Å². The first-order valence-corrected chi connectivity index (χ1v) is 11.4. The number of carbonyl (C=O) groups is 1. The smallest absolute Gasteiger partial charge is 0.230 e. The van der Waals surface area contributed by atoms with E-state index in [1.807, 2.05) is 12.4 Å². The highest BCUT2D eigenvalue weighted by molar-refractivity contribution is 6.42. The molecule has 2 bridgehead atoms. The Hall–Kier alpha value is -1.93. The summed E-state index contributed by atoms with van der Waals surface area (Å²) < 4.78 is 11.7. The lowest BCUT2D eigenvalue weighted by Gasteiger charge is -2.28. The molecule has 1 aromatic carbocycles. The molecule has 162 valence electrons. The maximum atomic E-state index is 13.3. The minimum absolute atomic E-state index is 0.0461. The SMILES string of the molecule is O=C(Nc1ccc(Cl)c(Cl)c1)[C@H]1[C@@H]2O[C@@H]([C@H]3C[C@H]32)[C@@H]1c1cnc(N2CCOCC2)nc1. The van der Waals surface area contributed by atoms with Crippen LogP contribution in [-0.2, 0) is 14.3 Å². The zero-order chi connectivity index (χ0) is 21.1. The molecule has 1 amide bonds. The number of hydrogen-bond acceptors (Lipinski definition) is 6. The van der Waals surface area contributed by atoms with Crippen molar-refractivity contribution in [3.63, 3.8) is 0 Å². The number of ether oxygens (including phenoxy) is 2. The van der Waals surface area contributed by atoms with E-state index in [-0.39, 0.29) is 30.0 Å². The average Bonchev–Trinajstić information content (AvgIpc) is 3.41. The normalized spacial score (nSPS) is 33.3. The van der Waals surface area contributed by atoms with Crippen LogP contribution in [0, 0.1) is 17.8 Å². The van der Waals surface area contributed by atoms with E-state index in [9.17, 15) is 4.79 Å². The number of anilines is 2. The van der Waals surface area contributed by atoms with Gasteiger partial charge in [-0.05, 0) is 42.0 Å². The van der Waals surface area contributed by atoms with E-state index in [0.29, 0.717) is 46.7 Å². The molecule has 2 aromatic rings. The molecule has 0 spiro atoms. The standard InChI is InChI=1S/C22H22Cl2N4O3/c23-15-2-1-12(7-16(15)24)27-21(29)18-17(19-13-8-14(13)20(18)31-19)11-9-25-22(26-10-11)28-3-5-30-6-4-28/h1-2,7,9-10,13-14,17-20H,3-6,8H2,(H,27,29)/t13-,14+,17+,18+,19-,20+/m0/s1. The minimum atomic E-state index is -0.277. The van der Waals surface area contributed by atoms with Crippen molar-refractivity contribution in [1.82, 2.24) is 9.97 Å². The van der Waals surface area contributed by atoms with Gasteiger partial charge in [-0.3, -0.25) is 4.79 Å². The quantitative estimate of drug-likeness (QED) is 0.753. The molecule has 4 heterocycles. The van der Waals surface area contributed by atoms with E-state index < -0.39 is 0 Å². The Morgan fingerprint density at radius 3 is 2.55 bits per heavy atom. The van der Waals surface area contributed by atoms with Crippen LogP contribution in [0.3, 0.4) is 0 Å². The summed E-state index contributed by atoms with van der Waals surface area (Å²) in [5.41, 5.74) is 1.59. The Kier molecular flexibility index (Phi) is 4.83. The number of nitrogens with zero attached hydrogens (tertiary/aromatic N) is 3. The van der Waals surface area contributed by atoms with Crippen molar-refractivity contribution in [2.45, 2.75) is 24.5 Å². The third-order valence-electron chi connectivity index (χ3n) is 6.97. The minimum Gasteiger partial charge on any atom is -0.378 e. The molecule has 0 unspecified atom stereocenters. The zero-order valence-electron chi connectivity index (χ0n) is 16.7. The summed E-state index contributed by atoms with van der Waals surface area (Å²) in [5, 5.41) is 3.88. The molecule has 1 N–H and O–H groups in total. The summed E-state index contributed by atoms with van der Waals surface area (Å²) in [6.07, 6.45) is 4.86. The first-order valence-electron chi connectivity index (χ1n) is 10.7. The number of fused-ring (bicyclic) bond motifs is 5. The van der Waals surface area contributed by atoms with Crippen LogP contribution in [0.4, 0.5) is 11.6 Å². The Balaban J connectivity index is 1.25. The molecule has 1 aromatic heterocycles. The first-order chi connectivity index (χ1) is 15.1. The van der Waals surface area contributed by atoms with Crippen molar-refractivity contribution in [1.29, 1.82) is 0 Å². The maximum Gasteiger partial charge on any atom is 0.230 e. The van der Waals surface area contributed by atoms with Gasteiger partial charge in [0.25, 0.3) is 0 Å². The fraction of sp³-hybridized carbons (Fsp3) is 0.500. The fourth-order valence-electron chi connectivity index (χ4n) is 5.42. The molecule has 4 fully saturated rings. The van der Waals surface area contributed by atoms with E-state index in [1.54, 1.807) is 18.2 Å². The van der Waals surface area contributed by atoms with Crippen molar-refractivity contribution in [2.75, 3.05) is 36.5 Å². The number of hydrogen-bond donors (Lipinski definition) is 1.